The largest absolute Gasteiger partial charge is 0.376 e. The standard InChI is InChI=1S/C27H33N3O4S/c1-17-9-15-20(16-10-17)35(33,34)30-22-8-6-5-7-21(22)29-24-23(25(31)26(24)32)28-19-13-11-18(12-14-19)27(2,3)4/h9-16,21-22,28-30H,5-8H2,1-4H3/t21-,22-/m1/s1. The first-order chi connectivity index (χ1) is 16.5. The van der Waals surface area contributed by atoms with Gasteiger partial charge in [0.1, 0.15) is 11.4 Å². The highest BCUT2D eigenvalue weighted by Gasteiger charge is 2.32. The third kappa shape index (κ3) is 5.49. The predicted octanol–water partition coefficient (Wildman–Crippen LogP) is 4.33. The molecule has 4 rings (SSSR count). The van der Waals surface area contributed by atoms with Crippen LogP contribution >= 0.6 is 0 Å². The molecule has 2 atom stereocenters. The molecule has 0 unspecified atom stereocenters. The van der Waals surface area contributed by atoms with Gasteiger partial charge in [-0.2, -0.15) is 0 Å². The third-order valence-electron chi connectivity index (χ3n) is 6.66. The van der Waals surface area contributed by atoms with E-state index in [0.29, 0.717) is 18.5 Å². The third-order valence-corrected chi connectivity index (χ3v) is 8.17. The topological polar surface area (TPSA) is 104 Å². The molecule has 0 aromatic heterocycles. The molecule has 0 amide bonds. The van der Waals surface area contributed by atoms with E-state index in [2.05, 4.69) is 36.1 Å². The maximum atomic E-state index is 13.0. The van der Waals surface area contributed by atoms with E-state index in [1.165, 1.54) is 0 Å². The van der Waals surface area contributed by atoms with Crippen molar-refractivity contribution in [2.45, 2.75) is 75.8 Å². The minimum absolute atomic E-state index is 0.00861. The fourth-order valence-electron chi connectivity index (χ4n) is 4.46. The molecule has 0 radical (unpaired) electrons. The lowest BCUT2D eigenvalue weighted by atomic mass is 9.87. The highest BCUT2D eigenvalue weighted by atomic mass is 32.2. The molecule has 186 valence electrons. The lowest BCUT2D eigenvalue weighted by Gasteiger charge is -2.34. The van der Waals surface area contributed by atoms with E-state index in [1.54, 1.807) is 24.3 Å². The smallest absolute Gasteiger partial charge is 0.253 e. The SMILES string of the molecule is Cc1ccc(S(=O)(=O)N[C@@H]2CCCC[C@H]2Nc2c(Nc3ccc(C(C)(C)C)cc3)c(=O)c2=O)cc1. The minimum atomic E-state index is -3.71. The van der Waals surface area contributed by atoms with Crippen molar-refractivity contribution in [3.63, 3.8) is 0 Å². The number of hydrogen-bond acceptors (Lipinski definition) is 6. The van der Waals surface area contributed by atoms with Gasteiger partial charge >= 0.3 is 0 Å². The molecule has 1 aliphatic rings. The van der Waals surface area contributed by atoms with E-state index >= 15 is 0 Å². The van der Waals surface area contributed by atoms with Crippen LogP contribution in [0.15, 0.2) is 63.0 Å². The molecule has 8 heteroatoms. The molecular weight excluding hydrogens is 462 g/mol. The molecule has 0 saturated heterocycles. The molecule has 0 heterocycles. The Bertz CT molecular complexity index is 1360. The van der Waals surface area contributed by atoms with Crippen molar-refractivity contribution in [3.05, 3.63) is 80.1 Å². The summed E-state index contributed by atoms with van der Waals surface area (Å²) in [6.07, 6.45) is 3.14. The van der Waals surface area contributed by atoms with Crippen molar-refractivity contribution in [1.29, 1.82) is 0 Å². The number of benzene rings is 2. The Morgan fingerprint density at radius 1 is 0.800 bits per heavy atom. The first kappa shape index (κ1) is 25.1. The van der Waals surface area contributed by atoms with Gasteiger partial charge in [-0.1, -0.05) is 63.4 Å². The molecule has 1 fully saturated rings. The van der Waals surface area contributed by atoms with Crippen LogP contribution in [0.4, 0.5) is 17.1 Å². The average Bonchev–Trinajstić information content (AvgIpc) is 2.82. The summed E-state index contributed by atoms with van der Waals surface area (Å²) in [5.74, 6) is 0. The van der Waals surface area contributed by atoms with Crippen LogP contribution in [0.3, 0.4) is 0 Å². The zero-order valence-corrected chi connectivity index (χ0v) is 21.5. The second-order valence-electron chi connectivity index (χ2n) is 10.4. The molecule has 0 bridgehead atoms. The quantitative estimate of drug-likeness (QED) is 0.422. The molecule has 7 nitrogen and oxygen atoms in total. The summed E-state index contributed by atoms with van der Waals surface area (Å²) in [6.45, 7) is 8.28. The number of sulfonamides is 1. The van der Waals surface area contributed by atoms with Crippen LogP contribution < -0.4 is 26.2 Å². The predicted molar refractivity (Wildman–Crippen MR) is 141 cm³/mol. The van der Waals surface area contributed by atoms with E-state index < -0.39 is 26.9 Å². The zero-order valence-electron chi connectivity index (χ0n) is 20.6. The number of aryl methyl sites for hydroxylation is 1. The van der Waals surface area contributed by atoms with E-state index in [0.717, 1.165) is 24.0 Å². The highest BCUT2D eigenvalue weighted by molar-refractivity contribution is 7.89. The Kier molecular flexibility index (Phi) is 6.88. The van der Waals surface area contributed by atoms with Gasteiger partial charge < -0.3 is 10.6 Å². The van der Waals surface area contributed by atoms with Gasteiger partial charge in [-0.15, -0.1) is 0 Å². The van der Waals surface area contributed by atoms with Crippen molar-refractivity contribution in [1.82, 2.24) is 4.72 Å². The summed E-state index contributed by atoms with van der Waals surface area (Å²) in [7, 11) is -3.71. The molecule has 0 spiro atoms. The van der Waals surface area contributed by atoms with Gasteiger partial charge in [-0.25, -0.2) is 13.1 Å². The first-order valence-electron chi connectivity index (χ1n) is 12.0. The molecule has 35 heavy (non-hydrogen) atoms. The Labute approximate surface area is 206 Å². The van der Waals surface area contributed by atoms with E-state index in [-0.39, 0.29) is 27.7 Å². The Morgan fingerprint density at radius 2 is 1.37 bits per heavy atom. The van der Waals surface area contributed by atoms with Crippen LogP contribution in [0.2, 0.25) is 0 Å². The second-order valence-corrected chi connectivity index (χ2v) is 12.2. The normalized spacial score (nSPS) is 19.0. The van der Waals surface area contributed by atoms with Crippen molar-refractivity contribution >= 4 is 27.1 Å². The van der Waals surface area contributed by atoms with E-state index in [4.69, 9.17) is 0 Å². The molecule has 3 aromatic carbocycles. The van der Waals surface area contributed by atoms with Crippen LogP contribution in [0.1, 0.15) is 57.6 Å². The Morgan fingerprint density at radius 3 is 1.97 bits per heavy atom. The zero-order chi connectivity index (χ0) is 25.4. The first-order valence-corrected chi connectivity index (χ1v) is 13.5. The van der Waals surface area contributed by atoms with Crippen molar-refractivity contribution in [2.24, 2.45) is 0 Å². The van der Waals surface area contributed by atoms with Crippen LogP contribution in [-0.2, 0) is 15.4 Å². The second kappa shape index (κ2) is 9.59. The Balaban J connectivity index is 1.51. The maximum absolute atomic E-state index is 13.0. The van der Waals surface area contributed by atoms with Crippen molar-refractivity contribution in [2.75, 3.05) is 10.6 Å². The fourth-order valence-corrected chi connectivity index (χ4v) is 5.77. The molecule has 3 N–H and O–H groups in total. The highest BCUT2D eigenvalue weighted by Crippen LogP contribution is 2.29. The maximum Gasteiger partial charge on any atom is 0.253 e. The van der Waals surface area contributed by atoms with E-state index in [9.17, 15) is 18.0 Å². The van der Waals surface area contributed by atoms with Gasteiger partial charge in [-0.05, 0) is 55.0 Å². The van der Waals surface area contributed by atoms with Crippen molar-refractivity contribution < 1.29 is 8.42 Å². The number of hydrogen-bond donors (Lipinski definition) is 3. The fraction of sp³-hybridized carbons (Fsp3) is 0.407. The molecule has 1 aliphatic carbocycles. The van der Waals surface area contributed by atoms with Crippen LogP contribution in [0.25, 0.3) is 0 Å². The van der Waals surface area contributed by atoms with E-state index in [1.807, 2.05) is 31.2 Å². The minimum Gasteiger partial charge on any atom is -0.376 e. The van der Waals surface area contributed by atoms with Crippen LogP contribution in [0.5, 0.6) is 0 Å². The summed E-state index contributed by atoms with van der Waals surface area (Å²) >= 11 is 0. The summed E-state index contributed by atoms with van der Waals surface area (Å²) < 4.78 is 28.7. The van der Waals surface area contributed by atoms with Gasteiger partial charge in [0.2, 0.25) is 10.0 Å². The van der Waals surface area contributed by atoms with Gasteiger partial charge in [0.05, 0.1) is 4.90 Å². The lowest BCUT2D eigenvalue weighted by Crippen LogP contribution is -2.50. The molecule has 1 saturated carbocycles. The van der Waals surface area contributed by atoms with Crippen molar-refractivity contribution in [3.8, 4) is 0 Å². The molecular formula is C27H33N3O4S. The number of nitrogens with one attached hydrogen (secondary N) is 3. The molecule has 0 aliphatic heterocycles. The number of anilines is 3. The molecule has 3 aromatic rings. The lowest BCUT2D eigenvalue weighted by molar-refractivity contribution is 0.378. The summed E-state index contributed by atoms with van der Waals surface area (Å²) in [5.41, 5.74) is 2.17. The summed E-state index contributed by atoms with van der Waals surface area (Å²) in [4.78, 5) is 25.0. The summed E-state index contributed by atoms with van der Waals surface area (Å²) in [5, 5.41) is 6.27. The number of rotatable bonds is 7. The van der Waals surface area contributed by atoms with Crippen LogP contribution in [-0.4, -0.2) is 20.5 Å². The van der Waals surface area contributed by atoms with Gasteiger partial charge in [0.15, 0.2) is 0 Å². The van der Waals surface area contributed by atoms with Gasteiger partial charge in [0.25, 0.3) is 10.9 Å². The Hall–Kier alpha value is -2.97. The monoisotopic (exact) mass is 495 g/mol. The van der Waals surface area contributed by atoms with Gasteiger partial charge in [-0.3, -0.25) is 9.59 Å². The summed E-state index contributed by atoms with van der Waals surface area (Å²) in [6, 6.07) is 13.8. The average molecular weight is 496 g/mol. The van der Waals surface area contributed by atoms with Crippen LogP contribution in [0, 0.1) is 6.92 Å². The van der Waals surface area contributed by atoms with Gasteiger partial charge in [0, 0.05) is 17.8 Å².